The quantitative estimate of drug-likeness (QED) is 0.931. The molecule has 3 rings (SSSR count). The van der Waals surface area contributed by atoms with Crippen LogP contribution in [0.1, 0.15) is 37.2 Å². The van der Waals surface area contributed by atoms with E-state index >= 15 is 0 Å². The highest BCUT2D eigenvalue weighted by Gasteiger charge is 2.36. The van der Waals surface area contributed by atoms with E-state index < -0.39 is 0 Å². The van der Waals surface area contributed by atoms with Gasteiger partial charge in [-0.05, 0) is 55.2 Å². The Labute approximate surface area is 125 Å². The molecule has 4 heteroatoms. The summed E-state index contributed by atoms with van der Waals surface area (Å²) in [5, 5.41) is 0.775. The van der Waals surface area contributed by atoms with Gasteiger partial charge in [0, 0.05) is 18.1 Å². The fourth-order valence-corrected chi connectivity index (χ4v) is 3.16. The lowest BCUT2D eigenvalue weighted by molar-refractivity contribution is -0.134. The number of rotatable bonds is 3. The van der Waals surface area contributed by atoms with Crippen LogP contribution in [0.5, 0.6) is 0 Å². The van der Waals surface area contributed by atoms with Gasteiger partial charge in [0.15, 0.2) is 0 Å². The summed E-state index contributed by atoms with van der Waals surface area (Å²) in [5.74, 6) is 1.13. The number of carbonyl (C=O) groups is 1. The molecule has 0 aromatic heterocycles. The van der Waals surface area contributed by atoms with Crippen molar-refractivity contribution >= 4 is 17.5 Å². The molecular weight excluding hydrogens is 272 g/mol. The molecule has 0 spiro atoms. The zero-order valence-electron chi connectivity index (χ0n) is 11.6. The van der Waals surface area contributed by atoms with Gasteiger partial charge in [-0.1, -0.05) is 23.7 Å². The number of amides is 1. The third kappa shape index (κ3) is 2.99. The van der Waals surface area contributed by atoms with Crippen molar-refractivity contribution in [2.75, 3.05) is 13.1 Å². The summed E-state index contributed by atoms with van der Waals surface area (Å²) in [6, 6.07) is 7.82. The van der Waals surface area contributed by atoms with Crippen molar-refractivity contribution in [1.82, 2.24) is 4.90 Å². The maximum absolute atomic E-state index is 12.3. The van der Waals surface area contributed by atoms with Crippen molar-refractivity contribution in [3.63, 3.8) is 0 Å². The molecule has 1 aliphatic heterocycles. The number of carbonyl (C=O) groups excluding carboxylic acids is 1. The van der Waals surface area contributed by atoms with Crippen LogP contribution in [0, 0.1) is 5.92 Å². The molecule has 108 valence electrons. The van der Waals surface area contributed by atoms with E-state index in [-0.39, 0.29) is 11.9 Å². The first kappa shape index (κ1) is 13.9. The molecule has 1 unspecified atom stereocenters. The number of hydrogen-bond donors (Lipinski definition) is 1. The number of piperidine rings is 1. The highest BCUT2D eigenvalue weighted by atomic mass is 35.5. The van der Waals surface area contributed by atoms with E-state index in [2.05, 4.69) is 12.1 Å². The zero-order valence-corrected chi connectivity index (χ0v) is 12.4. The molecule has 0 radical (unpaired) electrons. The molecule has 0 bridgehead atoms. The standard InChI is InChI=1S/C16H21ClN2O/c17-14-5-3-11(4-6-14)12-7-9-19(10-8-12)16(20)15(18)13-1-2-13/h3-6,12-13,15H,1-2,7-10,18H2. The Hall–Kier alpha value is -1.06. The normalized spacial score (nSPS) is 21.8. The summed E-state index contributed by atoms with van der Waals surface area (Å²) in [4.78, 5) is 14.2. The average Bonchev–Trinajstić information content (AvgIpc) is 3.31. The van der Waals surface area contributed by atoms with E-state index in [1.807, 2.05) is 17.0 Å². The summed E-state index contributed by atoms with van der Waals surface area (Å²) in [6.07, 6.45) is 4.28. The molecule has 1 aliphatic carbocycles. The molecule has 1 saturated carbocycles. The second kappa shape index (κ2) is 5.74. The number of hydrogen-bond acceptors (Lipinski definition) is 2. The molecule has 2 N–H and O–H groups in total. The van der Waals surface area contributed by atoms with Gasteiger partial charge in [-0.3, -0.25) is 4.79 Å². The highest BCUT2D eigenvalue weighted by Crippen LogP contribution is 2.34. The van der Waals surface area contributed by atoms with Crippen LogP contribution in [0.3, 0.4) is 0 Å². The van der Waals surface area contributed by atoms with E-state index in [1.165, 1.54) is 5.56 Å². The summed E-state index contributed by atoms with van der Waals surface area (Å²) < 4.78 is 0. The topological polar surface area (TPSA) is 46.3 Å². The molecule has 1 amide bonds. The first-order valence-electron chi connectivity index (χ1n) is 7.45. The average molecular weight is 293 g/mol. The molecule has 1 saturated heterocycles. The fraction of sp³-hybridized carbons (Fsp3) is 0.562. The van der Waals surface area contributed by atoms with Crippen molar-refractivity contribution < 1.29 is 4.79 Å². The molecule has 3 nitrogen and oxygen atoms in total. The second-order valence-corrected chi connectivity index (χ2v) is 6.45. The Morgan fingerprint density at radius 3 is 2.30 bits per heavy atom. The molecule has 1 heterocycles. The van der Waals surface area contributed by atoms with Gasteiger partial charge in [0.1, 0.15) is 0 Å². The Bertz CT molecular complexity index is 476. The Kier molecular flexibility index (Phi) is 3.99. The lowest BCUT2D eigenvalue weighted by Crippen LogP contribution is -2.47. The first-order chi connectivity index (χ1) is 9.65. The van der Waals surface area contributed by atoms with Crippen molar-refractivity contribution in [2.45, 2.75) is 37.6 Å². The maximum atomic E-state index is 12.3. The summed E-state index contributed by atoms with van der Waals surface area (Å²) in [5.41, 5.74) is 7.34. The molecule has 1 aromatic rings. The Morgan fingerprint density at radius 2 is 1.75 bits per heavy atom. The largest absolute Gasteiger partial charge is 0.341 e. The Morgan fingerprint density at radius 1 is 1.15 bits per heavy atom. The van der Waals surface area contributed by atoms with Crippen molar-refractivity contribution in [3.05, 3.63) is 34.9 Å². The predicted molar refractivity (Wildman–Crippen MR) is 80.7 cm³/mol. The molecule has 1 aromatic carbocycles. The maximum Gasteiger partial charge on any atom is 0.239 e. The highest BCUT2D eigenvalue weighted by molar-refractivity contribution is 6.30. The van der Waals surface area contributed by atoms with Gasteiger partial charge in [-0.25, -0.2) is 0 Å². The van der Waals surface area contributed by atoms with Gasteiger partial charge in [-0.15, -0.1) is 0 Å². The molecular formula is C16H21ClN2O. The lowest BCUT2D eigenvalue weighted by atomic mass is 9.89. The SMILES string of the molecule is NC(C(=O)N1CCC(c2ccc(Cl)cc2)CC1)C1CC1. The van der Waals surface area contributed by atoms with Crippen molar-refractivity contribution in [1.29, 1.82) is 0 Å². The molecule has 2 aliphatic rings. The van der Waals surface area contributed by atoms with Crippen LogP contribution in [0.4, 0.5) is 0 Å². The predicted octanol–water partition coefficient (Wildman–Crippen LogP) is 2.78. The van der Waals surface area contributed by atoms with E-state index in [0.29, 0.717) is 11.8 Å². The lowest BCUT2D eigenvalue weighted by Gasteiger charge is -2.33. The van der Waals surface area contributed by atoms with Gasteiger partial charge in [-0.2, -0.15) is 0 Å². The van der Waals surface area contributed by atoms with Gasteiger partial charge < -0.3 is 10.6 Å². The number of nitrogens with two attached hydrogens (primary N) is 1. The minimum Gasteiger partial charge on any atom is -0.341 e. The van der Waals surface area contributed by atoms with Crippen LogP contribution in [-0.4, -0.2) is 29.9 Å². The third-order valence-electron chi connectivity index (χ3n) is 4.56. The van der Waals surface area contributed by atoms with Crippen LogP contribution in [0.15, 0.2) is 24.3 Å². The molecule has 20 heavy (non-hydrogen) atoms. The molecule has 1 atom stereocenters. The number of likely N-dealkylation sites (tertiary alicyclic amines) is 1. The van der Waals surface area contributed by atoms with E-state index in [0.717, 1.165) is 43.8 Å². The second-order valence-electron chi connectivity index (χ2n) is 6.01. The van der Waals surface area contributed by atoms with Crippen LogP contribution in [0.25, 0.3) is 0 Å². The smallest absolute Gasteiger partial charge is 0.239 e. The Balaban J connectivity index is 1.56. The first-order valence-corrected chi connectivity index (χ1v) is 7.83. The number of halogens is 1. The summed E-state index contributed by atoms with van der Waals surface area (Å²) >= 11 is 5.92. The number of nitrogens with zero attached hydrogens (tertiary/aromatic N) is 1. The van der Waals surface area contributed by atoms with Crippen LogP contribution in [-0.2, 0) is 4.79 Å². The van der Waals surface area contributed by atoms with Crippen molar-refractivity contribution in [2.24, 2.45) is 11.7 Å². The van der Waals surface area contributed by atoms with E-state index in [1.54, 1.807) is 0 Å². The van der Waals surface area contributed by atoms with Crippen LogP contribution in [0.2, 0.25) is 5.02 Å². The van der Waals surface area contributed by atoms with E-state index in [4.69, 9.17) is 17.3 Å². The minimum atomic E-state index is -0.262. The summed E-state index contributed by atoms with van der Waals surface area (Å²) in [7, 11) is 0. The van der Waals surface area contributed by atoms with Crippen molar-refractivity contribution in [3.8, 4) is 0 Å². The number of benzene rings is 1. The monoisotopic (exact) mass is 292 g/mol. The van der Waals surface area contributed by atoms with E-state index in [9.17, 15) is 4.79 Å². The summed E-state index contributed by atoms with van der Waals surface area (Å²) in [6.45, 7) is 1.65. The van der Waals surface area contributed by atoms with Crippen LogP contribution >= 0.6 is 11.6 Å². The van der Waals surface area contributed by atoms with Gasteiger partial charge >= 0.3 is 0 Å². The molecule has 2 fully saturated rings. The fourth-order valence-electron chi connectivity index (χ4n) is 3.04. The minimum absolute atomic E-state index is 0.155. The third-order valence-corrected chi connectivity index (χ3v) is 4.82. The van der Waals surface area contributed by atoms with Gasteiger partial charge in [0.05, 0.1) is 6.04 Å². The van der Waals surface area contributed by atoms with Gasteiger partial charge in [0.25, 0.3) is 0 Å². The van der Waals surface area contributed by atoms with Crippen LogP contribution < -0.4 is 5.73 Å². The van der Waals surface area contributed by atoms with Gasteiger partial charge in [0.2, 0.25) is 5.91 Å². The zero-order chi connectivity index (χ0) is 14.1.